The van der Waals surface area contributed by atoms with Crippen LogP contribution in [-0.4, -0.2) is 88.8 Å². The number of carbonyl (C=O) groups is 2. The molecule has 3 unspecified atom stereocenters. The van der Waals surface area contributed by atoms with Crippen molar-refractivity contribution in [2.24, 2.45) is 22.7 Å². The summed E-state index contributed by atoms with van der Waals surface area (Å²) in [7, 11) is 0. The zero-order valence-electron chi connectivity index (χ0n) is 27.8. The Hall–Kier alpha value is -2.61. The molecule has 0 aliphatic heterocycles. The first-order chi connectivity index (χ1) is 23.3. The molecule has 0 heterocycles. The lowest BCUT2D eigenvalue weighted by Crippen LogP contribution is -2.67. The van der Waals surface area contributed by atoms with Crippen LogP contribution in [0.5, 0.6) is 0 Å². The largest absolute Gasteiger partial charge is 0.462 e. The van der Waals surface area contributed by atoms with E-state index >= 15 is 0 Å². The predicted octanol–water partition coefficient (Wildman–Crippen LogP) is 9.46. The first-order valence-corrected chi connectivity index (χ1v) is 14.7. The van der Waals surface area contributed by atoms with Gasteiger partial charge in [0.15, 0.2) is 5.41 Å². The average molecular weight is 850 g/mol. The Morgan fingerprint density at radius 1 is 0.537 bits per heavy atom. The van der Waals surface area contributed by atoms with Gasteiger partial charge in [0.2, 0.25) is 0 Å². The highest BCUT2D eigenvalue weighted by Crippen LogP contribution is 2.58. The van der Waals surface area contributed by atoms with Crippen LogP contribution in [0.3, 0.4) is 0 Å². The van der Waals surface area contributed by atoms with Gasteiger partial charge in [-0.3, -0.25) is 9.59 Å². The van der Waals surface area contributed by atoms with Crippen LogP contribution in [0, 0.1) is 22.7 Å². The molecule has 1 aliphatic rings. The second-order valence-corrected chi connectivity index (χ2v) is 12.9. The van der Waals surface area contributed by atoms with E-state index in [0.717, 1.165) is 6.92 Å². The summed E-state index contributed by atoms with van der Waals surface area (Å²) in [6, 6.07) is 0. The van der Waals surface area contributed by atoms with E-state index in [-0.39, 0.29) is 13.3 Å². The fraction of sp³-hybridized carbons (Fsp3) is 0.926. The Labute approximate surface area is 290 Å². The Kier molecular flexibility index (Phi) is 15.0. The molecule has 0 aromatic rings. The molecule has 1 fully saturated rings. The quantitative estimate of drug-likeness (QED) is 0.187. The standard InChI is InChI=1S/C18H19F15O4.C9H12F6O2/c1-3-11(2,14(19,20)21)10(34)37-9-5-7(12(35,15(22,23)24)16(25,26)27)4-8(6-9)13(36,17(28,29)30)18(31,32)33;1-4-7(2,3)6(16)17-5(8(10,11)12)9(13,14)15/h7-9,35-36H,3-6H2,1-2H3;5H,4H2,1-3H3. The second-order valence-electron chi connectivity index (χ2n) is 12.9. The minimum Gasteiger partial charge on any atom is -0.462 e. The molecule has 2 N–H and O–H groups in total. The molecule has 54 heavy (non-hydrogen) atoms. The summed E-state index contributed by atoms with van der Waals surface area (Å²) in [5.41, 5.74) is -16.9. The maximum absolute atomic E-state index is 13.3. The lowest BCUT2D eigenvalue weighted by atomic mass is 9.65. The van der Waals surface area contributed by atoms with Gasteiger partial charge in [0.05, 0.1) is 5.41 Å². The topological polar surface area (TPSA) is 93.1 Å². The summed E-state index contributed by atoms with van der Waals surface area (Å²) in [4.78, 5) is 23.3. The van der Waals surface area contributed by atoms with Crippen LogP contribution in [0.2, 0.25) is 0 Å². The summed E-state index contributed by atoms with van der Waals surface area (Å²) in [6.45, 7) is 4.77. The molecule has 1 aliphatic carbocycles. The zero-order valence-corrected chi connectivity index (χ0v) is 27.8. The molecule has 0 saturated heterocycles. The fourth-order valence-corrected chi connectivity index (χ4v) is 4.76. The number of hydrogen-bond acceptors (Lipinski definition) is 6. The molecular weight excluding hydrogens is 819 g/mol. The van der Waals surface area contributed by atoms with Crippen molar-refractivity contribution in [3.05, 3.63) is 0 Å². The maximum atomic E-state index is 13.3. The third-order valence-electron chi connectivity index (χ3n) is 8.89. The number of halogens is 21. The number of hydrogen-bond donors (Lipinski definition) is 2. The highest BCUT2D eigenvalue weighted by atomic mass is 19.4. The average Bonchev–Trinajstić information content (AvgIpc) is 2.94. The van der Waals surface area contributed by atoms with Crippen molar-refractivity contribution in [1.29, 1.82) is 0 Å². The van der Waals surface area contributed by atoms with Gasteiger partial charge in [-0.25, -0.2) is 0 Å². The summed E-state index contributed by atoms with van der Waals surface area (Å²) < 4.78 is 280. The highest BCUT2D eigenvalue weighted by molar-refractivity contribution is 5.77. The molecule has 322 valence electrons. The van der Waals surface area contributed by atoms with Gasteiger partial charge in [-0.15, -0.1) is 0 Å². The van der Waals surface area contributed by atoms with Crippen molar-refractivity contribution in [1.82, 2.24) is 0 Å². The van der Waals surface area contributed by atoms with E-state index in [4.69, 9.17) is 0 Å². The number of alkyl halides is 21. The number of aliphatic hydroxyl groups is 2. The number of rotatable bonds is 8. The molecule has 3 atom stereocenters. The molecule has 1 rings (SSSR count). The van der Waals surface area contributed by atoms with Gasteiger partial charge in [0.25, 0.3) is 17.3 Å². The SMILES string of the molecule is CCC(C)(C(=O)OC1CC(C(O)(C(F)(F)F)C(F)(F)F)CC(C(O)(C(F)(F)F)C(F)(F)F)C1)C(F)(F)F.CCC(C)(C)C(=O)OC(C(F)(F)F)C(F)(F)F. The lowest BCUT2D eigenvalue weighted by molar-refractivity contribution is -0.405. The Morgan fingerprint density at radius 2 is 0.852 bits per heavy atom. The number of carbonyl (C=O) groups excluding carboxylic acids is 2. The summed E-state index contributed by atoms with van der Waals surface area (Å²) in [5, 5.41) is 19.1. The van der Waals surface area contributed by atoms with Crippen LogP contribution < -0.4 is 0 Å². The van der Waals surface area contributed by atoms with Gasteiger partial charge in [0.1, 0.15) is 6.10 Å². The van der Waals surface area contributed by atoms with Crippen molar-refractivity contribution >= 4 is 11.9 Å². The van der Waals surface area contributed by atoms with Crippen LogP contribution in [0.4, 0.5) is 92.2 Å². The Bertz CT molecular complexity index is 1180. The Balaban J connectivity index is 0.00000138. The molecule has 0 spiro atoms. The van der Waals surface area contributed by atoms with Gasteiger partial charge in [-0.2, -0.15) is 92.2 Å². The maximum Gasteiger partial charge on any atom is 0.434 e. The van der Waals surface area contributed by atoms with Crippen molar-refractivity contribution in [2.75, 3.05) is 0 Å². The summed E-state index contributed by atoms with van der Waals surface area (Å²) >= 11 is 0. The van der Waals surface area contributed by atoms with Crippen LogP contribution >= 0.6 is 0 Å². The molecule has 1 saturated carbocycles. The van der Waals surface area contributed by atoms with E-state index in [0.29, 0.717) is 0 Å². The van der Waals surface area contributed by atoms with E-state index in [1.165, 1.54) is 20.8 Å². The normalized spacial score (nSPS) is 21.5. The van der Waals surface area contributed by atoms with Crippen molar-refractivity contribution in [3.8, 4) is 0 Å². The van der Waals surface area contributed by atoms with Gasteiger partial charge in [0, 0.05) is 11.8 Å². The predicted molar refractivity (Wildman–Crippen MR) is 135 cm³/mol. The molecule has 0 aromatic carbocycles. The fourth-order valence-electron chi connectivity index (χ4n) is 4.76. The monoisotopic (exact) mass is 850 g/mol. The lowest BCUT2D eigenvalue weighted by Gasteiger charge is -2.48. The second kappa shape index (κ2) is 15.7. The Morgan fingerprint density at radius 3 is 1.07 bits per heavy atom. The summed E-state index contributed by atoms with van der Waals surface area (Å²) in [5.74, 6) is -11.3. The molecule has 27 heteroatoms. The number of esters is 2. The molecule has 6 nitrogen and oxygen atoms in total. The highest BCUT2D eigenvalue weighted by Gasteiger charge is 2.78. The van der Waals surface area contributed by atoms with Gasteiger partial charge in [-0.05, 0) is 52.9 Å². The van der Waals surface area contributed by atoms with Crippen LogP contribution in [0.1, 0.15) is 66.7 Å². The minimum atomic E-state index is -6.77. The zero-order chi connectivity index (χ0) is 43.9. The third kappa shape index (κ3) is 10.6. The van der Waals surface area contributed by atoms with E-state index in [9.17, 15) is 112 Å². The van der Waals surface area contributed by atoms with E-state index in [1.54, 1.807) is 0 Å². The van der Waals surface area contributed by atoms with E-state index < -0.39 is 127 Å². The van der Waals surface area contributed by atoms with Crippen molar-refractivity contribution in [3.63, 3.8) is 0 Å². The van der Waals surface area contributed by atoms with Gasteiger partial charge < -0.3 is 19.7 Å². The number of ether oxygens (including phenoxy) is 2. The van der Waals surface area contributed by atoms with Crippen LogP contribution in [0.25, 0.3) is 0 Å². The summed E-state index contributed by atoms with van der Waals surface area (Å²) in [6.07, 6.45) is -58.2. The third-order valence-corrected chi connectivity index (χ3v) is 8.89. The molecule has 0 amide bonds. The minimum absolute atomic E-state index is 0.0638. The molecular formula is C27H31F21O6. The smallest absolute Gasteiger partial charge is 0.434 e. The van der Waals surface area contributed by atoms with Crippen LogP contribution in [0.15, 0.2) is 0 Å². The molecule has 0 radical (unpaired) electrons. The molecule has 0 bridgehead atoms. The first-order valence-electron chi connectivity index (χ1n) is 14.7. The van der Waals surface area contributed by atoms with E-state index in [2.05, 4.69) is 9.47 Å². The first kappa shape index (κ1) is 51.4. The van der Waals surface area contributed by atoms with Crippen molar-refractivity contribution in [2.45, 2.75) is 133 Å². The van der Waals surface area contributed by atoms with Gasteiger partial charge >= 0.3 is 55.2 Å². The van der Waals surface area contributed by atoms with E-state index in [1.807, 2.05) is 0 Å². The van der Waals surface area contributed by atoms with Gasteiger partial charge in [-0.1, -0.05) is 13.8 Å². The van der Waals surface area contributed by atoms with Crippen molar-refractivity contribution < 1.29 is 121 Å². The van der Waals surface area contributed by atoms with Crippen LogP contribution in [-0.2, 0) is 19.1 Å². The molecule has 0 aromatic heterocycles.